The van der Waals surface area contributed by atoms with E-state index >= 15 is 0 Å². The fourth-order valence-corrected chi connectivity index (χ4v) is 4.18. The molecule has 5 heteroatoms. The zero-order valence-electron chi connectivity index (χ0n) is 18.4. The first-order chi connectivity index (χ1) is 15.2. The Morgan fingerprint density at radius 3 is 2.65 bits per heavy atom. The Labute approximate surface area is 184 Å². The minimum atomic E-state index is 0.567. The van der Waals surface area contributed by atoms with Crippen LogP contribution in [0.1, 0.15) is 42.9 Å². The number of hydrogen-bond acceptors (Lipinski definition) is 4. The average Bonchev–Trinajstić information content (AvgIpc) is 3.30. The van der Waals surface area contributed by atoms with E-state index < -0.39 is 0 Å². The Bertz CT molecular complexity index is 1090. The summed E-state index contributed by atoms with van der Waals surface area (Å²) in [6.45, 7) is 6.90. The van der Waals surface area contributed by atoms with E-state index in [1.54, 1.807) is 0 Å². The predicted molar refractivity (Wildman–Crippen MR) is 129 cm³/mol. The Balaban J connectivity index is 1.55. The highest BCUT2D eigenvalue weighted by molar-refractivity contribution is 5.72. The molecule has 0 aliphatic carbocycles. The zero-order valence-corrected chi connectivity index (χ0v) is 18.4. The molecule has 5 nitrogen and oxygen atoms in total. The lowest BCUT2D eigenvalue weighted by Crippen LogP contribution is -2.19. The van der Waals surface area contributed by atoms with Gasteiger partial charge < -0.3 is 11.1 Å². The first kappa shape index (κ1) is 21.2. The number of nitrogens with zero attached hydrogens (tertiary/aromatic N) is 3. The van der Waals surface area contributed by atoms with E-state index in [4.69, 9.17) is 5.73 Å². The van der Waals surface area contributed by atoms with Gasteiger partial charge in [-0.3, -0.25) is 0 Å². The van der Waals surface area contributed by atoms with Crippen molar-refractivity contribution in [2.75, 3.05) is 19.6 Å². The van der Waals surface area contributed by atoms with E-state index in [0.717, 1.165) is 49.3 Å². The van der Waals surface area contributed by atoms with Gasteiger partial charge in [0.15, 0.2) is 0 Å². The van der Waals surface area contributed by atoms with Crippen molar-refractivity contribution in [2.24, 2.45) is 5.73 Å². The molecular weight excluding hydrogens is 382 g/mol. The van der Waals surface area contributed by atoms with Gasteiger partial charge in [-0.05, 0) is 72.3 Å². The maximum Gasteiger partial charge on any atom is 0.113 e. The molecule has 0 radical (unpaired) electrons. The highest BCUT2D eigenvalue weighted by Gasteiger charge is 2.11. The van der Waals surface area contributed by atoms with Crippen LogP contribution >= 0.6 is 0 Å². The summed E-state index contributed by atoms with van der Waals surface area (Å²) in [5.74, 6) is 0. The van der Waals surface area contributed by atoms with Gasteiger partial charge in [0.1, 0.15) is 5.69 Å². The zero-order chi connectivity index (χ0) is 21.6. The van der Waals surface area contributed by atoms with Crippen LogP contribution in [0.4, 0.5) is 0 Å². The van der Waals surface area contributed by atoms with Gasteiger partial charge in [-0.1, -0.05) is 55.0 Å². The SMILES string of the molecule is CCC/C(=C\CN)c1ccc(-c2cn(-c3ccc(C4=CCNCC4)cc3)nn2)cc1C. The third-order valence-corrected chi connectivity index (χ3v) is 5.81. The van der Waals surface area contributed by atoms with Crippen LogP contribution in [0, 0.1) is 6.92 Å². The minimum Gasteiger partial charge on any atom is -0.327 e. The predicted octanol–water partition coefficient (Wildman–Crippen LogP) is 4.76. The van der Waals surface area contributed by atoms with Crippen molar-refractivity contribution < 1.29 is 0 Å². The van der Waals surface area contributed by atoms with E-state index in [2.05, 4.69) is 84.1 Å². The van der Waals surface area contributed by atoms with E-state index in [9.17, 15) is 0 Å². The molecule has 0 bridgehead atoms. The summed E-state index contributed by atoms with van der Waals surface area (Å²) >= 11 is 0. The Hall–Kier alpha value is -3.02. The van der Waals surface area contributed by atoms with Gasteiger partial charge in [0.05, 0.1) is 11.9 Å². The number of nitrogens with one attached hydrogen (secondary N) is 1. The number of nitrogens with two attached hydrogens (primary N) is 1. The van der Waals surface area contributed by atoms with Gasteiger partial charge in [0, 0.05) is 18.7 Å². The van der Waals surface area contributed by atoms with Crippen molar-refractivity contribution in [1.29, 1.82) is 0 Å². The summed E-state index contributed by atoms with van der Waals surface area (Å²) in [6, 6.07) is 15.1. The summed E-state index contributed by atoms with van der Waals surface area (Å²) < 4.78 is 1.84. The van der Waals surface area contributed by atoms with E-state index in [0.29, 0.717) is 6.54 Å². The second kappa shape index (κ2) is 9.86. The molecule has 1 aromatic heterocycles. The Kier molecular flexibility index (Phi) is 6.75. The van der Waals surface area contributed by atoms with Gasteiger partial charge in [-0.2, -0.15) is 0 Å². The standard InChI is InChI=1S/C26H31N5/c1-3-4-22(11-14-27)25-10-7-23(17-19(25)2)26-18-31(30-29-26)24-8-5-20(6-9-24)21-12-15-28-16-13-21/h5-12,17-18,28H,3-4,13-16,27H2,1-2H3/b22-11+. The van der Waals surface area contributed by atoms with Crippen molar-refractivity contribution in [3.8, 4) is 16.9 Å². The van der Waals surface area contributed by atoms with Gasteiger partial charge >= 0.3 is 0 Å². The molecule has 3 N–H and O–H groups in total. The van der Waals surface area contributed by atoms with Crippen molar-refractivity contribution in [3.05, 3.63) is 77.5 Å². The lowest BCUT2D eigenvalue weighted by Gasteiger charge is -2.14. The van der Waals surface area contributed by atoms with Crippen LogP contribution in [0.3, 0.4) is 0 Å². The Morgan fingerprint density at radius 1 is 1.16 bits per heavy atom. The summed E-state index contributed by atoms with van der Waals surface area (Å²) in [7, 11) is 0. The van der Waals surface area contributed by atoms with Crippen LogP contribution in [0.25, 0.3) is 28.1 Å². The second-order valence-electron chi connectivity index (χ2n) is 8.02. The fourth-order valence-electron chi connectivity index (χ4n) is 4.18. The van der Waals surface area contributed by atoms with Crippen molar-refractivity contribution in [3.63, 3.8) is 0 Å². The number of aromatic nitrogens is 3. The summed E-state index contributed by atoms with van der Waals surface area (Å²) in [6.07, 6.45) is 9.61. The van der Waals surface area contributed by atoms with E-state index in [-0.39, 0.29) is 0 Å². The maximum atomic E-state index is 5.77. The summed E-state index contributed by atoms with van der Waals surface area (Å²) in [4.78, 5) is 0. The molecule has 0 unspecified atom stereocenters. The maximum absolute atomic E-state index is 5.77. The van der Waals surface area contributed by atoms with E-state index in [1.807, 2.05) is 10.9 Å². The molecule has 1 aliphatic rings. The minimum absolute atomic E-state index is 0.567. The lowest BCUT2D eigenvalue weighted by atomic mass is 9.94. The normalized spacial score (nSPS) is 14.5. The number of allylic oxidation sites excluding steroid dienone is 1. The van der Waals surface area contributed by atoms with Crippen LogP contribution in [0.15, 0.2) is 60.8 Å². The summed E-state index contributed by atoms with van der Waals surface area (Å²) in [5, 5.41) is 12.1. The third-order valence-electron chi connectivity index (χ3n) is 5.81. The highest BCUT2D eigenvalue weighted by Crippen LogP contribution is 2.28. The third kappa shape index (κ3) is 4.84. The Morgan fingerprint density at radius 2 is 1.97 bits per heavy atom. The van der Waals surface area contributed by atoms with Crippen LogP contribution in [-0.4, -0.2) is 34.6 Å². The monoisotopic (exact) mass is 413 g/mol. The molecule has 160 valence electrons. The van der Waals surface area contributed by atoms with Crippen molar-refractivity contribution in [2.45, 2.75) is 33.1 Å². The second-order valence-corrected chi connectivity index (χ2v) is 8.02. The topological polar surface area (TPSA) is 68.8 Å². The molecule has 4 rings (SSSR count). The molecule has 0 spiro atoms. The fraction of sp³-hybridized carbons (Fsp3) is 0.308. The molecule has 0 saturated carbocycles. The molecule has 1 aliphatic heterocycles. The van der Waals surface area contributed by atoms with Gasteiger partial charge in [-0.25, -0.2) is 4.68 Å². The summed E-state index contributed by atoms with van der Waals surface area (Å²) in [5.41, 5.74) is 15.3. The molecule has 2 heterocycles. The average molecular weight is 414 g/mol. The van der Waals surface area contributed by atoms with E-state index in [1.165, 1.54) is 27.8 Å². The van der Waals surface area contributed by atoms with Crippen molar-refractivity contribution in [1.82, 2.24) is 20.3 Å². The van der Waals surface area contributed by atoms with Crippen LogP contribution < -0.4 is 11.1 Å². The quantitative estimate of drug-likeness (QED) is 0.586. The molecule has 0 atom stereocenters. The molecule has 2 aromatic carbocycles. The van der Waals surface area contributed by atoms with Crippen LogP contribution in [0.2, 0.25) is 0 Å². The number of aryl methyl sites for hydroxylation is 1. The van der Waals surface area contributed by atoms with Crippen molar-refractivity contribution >= 4 is 11.1 Å². The van der Waals surface area contributed by atoms with Gasteiger partial charge in [0.2, 0.25) is 0 Å². The molecule has 0 fully saturated rings. The number of benzene rings is 2. The highest BCUT2D eigenvalue weighted by atomic mass is 15.4. The molecule has 0 amide bonds. The lowest BCUT2D eigenvalue weighted by molar-refractivity contribution is 0.738. The molecule has 3 aromatic rings. The first-order valence-corrected chi connectivity index (χ1v) is 11.1. The van der Waals surface area contributed by atoms with Crippen LogP contribution in [0.5, 0.6) is 0 Å². The van der Waals surface area contributed by atoms with Crippen LogP contribution in [-0.2, 0) is 0 Å². The molecular formula is C26H31N5. The smallest absolute Gasteiger partial charge is 0.113 e. The first-order valence-electron chi connectivity index (χ1n) is 11.1. The van der Waals surface area contributed by atoms with Gasteiger partial charge in [0.25, 0.3) is 0 Å². The number of hydrogen-bond donors (Lipinski definition) is 2. The molecule has 0 saturated heterocycles. The van der Waals surface area contributed by atoms with Gasteiger partial charge in [-0.15, -0.1) is 5.10 Å². The molecule has 31 heavy (non-hydrogen) atoms. The largest absolute Gasteiger partial charge is 0.327 e. The number of rotatable bonds is 7.